The maximum absolute atomic E-state index is 13.3. The van der Waals surface area contributed by atoms with Crippen molar-refractivity contribution < 1.29 is 14.3 Å². The highest BCUT2D eigenvalue weighted by molar-refractivity contribution is 6.46. The Morgan fingerprint density at radius 1 is 0.974 bits per heavy atom. The second-order valence-electron chi connectivity index (χ2n) is 10.3. The number of ether oxygens (including phenoxy) is 1. The van der Waals surface area contributed by atoms with Crippen LogP contribution < -0.4 is 15.1 Å². The lowest BCUT2D eigenvalue weighted by atomic mass is 10.0. The van der Waals surface area contributed by atoms with Gasteiger partial charge in [-0.25, -0.2) is 4.98 Å². The molecule has 0 radical (unpaired) electrons. The van der Waals surface area contributed by atoms with E-state index in [9.17, 15) is 9.59 Å². The van der Waals surface area contributed by atoms with Crippen molar-refractivity contribution in [2.45, 2.75) is 47.1 Å². The fraction of sp³-hybridized carbons (Fsp3) is 0.433. The summed E-state index contributed by atoms with van der Waals surface area (Å²) in [4.78, 5) is 35.6. The first-order chi connectivity index (χ1) is 18.2. The largest absolute Gasteiger partial charge is 0.383 e. The van der Waals surface area contributed by atoms with E-state index in [4.69, 9.17) is 9.72 Å². The maximum Gasteiger partial charge on any atom is 0.298 e. The lowest BCUT2D eigenvalue weighted by Crippen LogP contribution is -2.46. The minimum absolute atomic E-state index is 0.120. The number of pyridine rings is 1. The summed E-state index contributed by atoms with van der Waals surface area (Å²) in [6.07, 6.45) is 0. The summed E-state index contributed by atoms with van der Waals surface area (Å²) in [7, 11) is 1.63. The number of carbonyl (C=O) groups excluding carboxylic acids is 2. The van der Waals surface area contributed by atoms with E-state index < -0.39 is 11.7 Å². The molecule has 1 fully saturated rings. The lowest BCUT2D eigenvalue weighted by molar-refractivity contribution is -0.112. The van der Waals surface area contributed by atoms with Crippen molar-refractivity contribution in [2.24, 2.45) is 0 Å². The molecular weight excluding hydrogens is 478 g/mol. The normalized spacial score (nSPS) is 13.8. The Hall–Kier alpha value is -3.65. The number of aryl methyl sites for hydroxylation is 3. The third-order valence-corrected chi connectivity index (χ3v) is 7.07. The number of benzene rings is 1. The van der Waals surface area contributed by atoms with Crippen LogP contribution in [0.1, 0.15) is 52.8 Å². The number of nitrogens with one attached hydrogen (secondary N) is 1. The van der Waals surface area contributed by atoms with Gasteiger partial charge in [0.05, 0.1) is 12.3 Å². The molecule has 202 valence electrons. The van der Waals surface area contributed by atoms with Gasteiger partial charge in [-0.2, -0.15) is 0 Å². The summed E-state index contributed by atoms with van der Waals surface area (Å²) in [5.41, 5.74) is 6.22. The number of hydrogen-bond acceptors (Lipinski definition) is 6. The Morgan fingerprint density at radius 3 is 2.24 bits per heavy atom. The van der Waals surface area contributed by atoms with Crippen molar-refractivity contribution in [3.8, 4) is 0 Å². The fourth-order valence-corrected chi connectivity index (χ4v) is 5.09. The van der Waals surface area contributed by atoms with E-state index in [-0.39, 0.29) is 5.92 Å². The SMILES string of the molecule is COCCn1c(C)cc(C(C)C)c1C(=O)C(=O)Nc1ccc(N2CCN(c3cc(C)cc(C)n3)CC2)cc1. The second kappa shape index (κ2) is 11.8. The van der Waals surface area contributed by atoms with Crippen molar-refractivity contribution >= 4 is 28.9 Å². The number of Topliss-reactive ketones (excluding diaryl/α,β-unsaturated/α-hetero) is 1. The van der Waals surface area contributed by atoms with Crippen LogP contribution in [-0.4, -0.2) is 61.1 Å². The van der Waals surface area contributed by atoms with Crippen molar-refractivity contribution in [2.75, 3.05) is 55.0 Å². The van der Waals surface area contributed by atoms with Gasteiger partial charge in [0, 0.05) is 62.6 Å². The predicted octanol–water partition coefficient (Wildman–Crippen LogP) is 4.73. The smallest absolute Gasteiger partial charge is 0.298 e. The average Bonchev–Trinajstić information content (AvgIpc) is 3.23. The van der Waals surface area contributed by atoms with Crippen molar-refractivity contribution in [3.05, 3.63) is 70.7 Å². The van der Waals surface area contributed by atoms with Gasteiger partial charge in [-0.3, -0.25) is 9.59 Å². The zero-order valence-corrected chi connectivity index (χ0v) is 23.4. The molecule has 1 N–H and O–H groups in total. The molecule has 1 aromatic carbocycles. The van der Waals surface area contributed by atoms with Gasteiger partial charge in [-0.1, -0.05) is 13.8 Å². The molecule has 38 heavy (non-hydrogen) atoms. The molecule has 0 unspecified atom stereocenters. The quantitative estimate of drug-likeness (QED) is 0.327. The number of hydrogen-bond donors (Lipinski definition) is 1. The molecule has 3 aromatic rings. The summed E-state index contributed by atoms with van der Waals surface area (Å²) in [5, 5.41) is 2.80. The molecule has 0 spiro atoms. The van der Waals surface area contributed by atoms with Gasteiger partial charge in [-0.15, -0.1) is 0 Å². The zero-order chi connectivity index (χ0) is 27.4. The van der Waals surface area contributed by atoms with Gasteiger partial charge >= 0.3 is 0 Å². The monoisotopic (exact) mass is 517 g/mol. The van der Waals surface area contributed by atoms with Crippen LogP contribution in [-0.2, 0) is 16.1 Å². The van der Waals surface area contributed by atoms with Gasteiger partial charge in [-0.05, 0) is 80.3 Å². The minimum atomic E-state index is -0.633. The van der Waals surface area contributed by atoms with E-state index in [2.05, 4.69) is 34.2 Å². The highest BCUT2D eigenvalue weighted by Crippen LogP contribution is 2.26. The van der Waals surface area contributed by atoms with E-state index in [1.54, 1.807) is 7.11 Å². The molecule has 0 atom stereocenters. The molecule has 0 saturated carbocycles. The summed E-state index contributed by atoms with van der Waals surface area (Å²) in [6, 6.07) is 13.9. The fourth-order valence-electron chi connectivity index (χ4n) is 5.09. The third kappa shape index (κ3) is 6.07. The molecule has 0 aliphatic carbocycles. The van der Waals surface area contributed by atoms with Gasteiger partial charge in [0.1, 0.15) is 5.82 Å². The molecule has 8 nitrogen and oxygen atoms in total. The Labute approximate surface area is 225 Å². The van der Waals surface area contributed by atoms with Gasteiger partial charge < -0.3 is 24.4 Å². The lowest BCUT2D eigenvalue weighted by Gasteiger charge is -2.37. The van der Waals surface area contributed by atoms with Crippen LogP contribution in [0.25, 0.3) is 0 Å². The molecular formula is C30H39N5O3. The van der Waals surface area contributed by atoms with E-state index >= 15 is 0 Å². The first-order valence-electron chi connectivity index (χ1n) is 13.3. The van der Waals surface area contributed by atoms with Gasteiger partial charge in [0.25, 0.3) is 11.7 Å². The second-order valence-corrected chi connectivity index (χ2v) is 10.3. The topological polar surface area (TPSA) is 79.7 Å². The number of amides is 1. The number of aromatic nitrogens is 2. The predicted molar refractivity (Wildman–Crippen MR) is 153 cm³/mol. The molecule has 1 amide bonds. The number of nitrogens with zero attached hydrogens (tertiary/aromatic N) is 4. The Morgan fingerprint density at radius 2 is 1.63 bits per heavy atom. The number of methoxy groups -OCH3 is 1. The molecule has 8 heteroatoms. The van der Waals surface area contributed by atoms with Crippen LogP contribution in [0, 0.1) is 20.8 Å². The number of ketones is 1. The first kappa shape index (κ1) is 27.4. The maximum atomic E-state index is 13.3. The molecule has 0 bridgehead atoms. The van der Waals surface area contributed by atoms with Crippen LogP contribution in [0.15, 0.2) is 42.5 Å². The number of piperazine rings is 1. The summed E-state index contributed by atoms with van der Waals surface area (Å²) in [6.45, 7) is 14.7. The highest BCUT2D eigenvalue weighted by Gasteiger charge is 2.27. The van der Waals surface area contributed by atoms with Crippen molar-refractivity contribution in [1.82, 2.24) is 9.55 Å². The zero-order valence-electron chi connectivity index (χ0n) is 23.4. The number of rotatable bonds is 9. The van der Waals surface area contributed by atoms with Gasteiger partial charge in [0.15, 0.2) is 0 Å². The molecule has 1 saturated heterocycles. The molecule has 4 rings (SSSR count). The Bertz CT molecular complexity index is 1270. The number of carbonyl (C=O) groups is 2. The summed E-state index contributed by atoms with van der Waals surface area (Å²) in [5.74, 6) is -0.00662. The Kier molecular flexibility index (Phi) is 8.52. The molecule has 1 aliphatic rings. The third-order valence-electron chi connectivity index (χ3n) is 7.07. The van der Waals surface area contributed by atoms with E-state index in [0.717, 1.165) is 54.6 Å². The van der Waals surface area contributed by atoms with Gasteiger partial charge in [0.2, 0.25) is 0 Å². The van der Waals surface area contributed by atoms with Crippen LogP contribution in [0.3, 0.4) is 0 Å². The van der Waals surface area contributed by atoms with E-state index in [0.29, 0.717) is 24.5 Å². The molecule has 3 heterocycles. The Balaban J connectivity index is 1.40. The van der Waals surface area contributed by atoms with Crippen LogP contribution >= 0.6 is 0 Å². The summed E-state index contributed by atoms with van der Waals surface area (Å²) < 4.78 is 7.10. The number of anilines is 3. The van der Waals surface area contributed by atoms with Crippen LogP contribution in [0.5, 0.6) is 0 Å². The van der Waals surface area contributed by atoms with Crippen molar-refractivity contribution in [1.29, 1.82) is 0 Å². The standard InChI is InChI=1S/C30H39N5O3/c1-20(2)26-19-23(5)35(15-16-38-6)28(26)29(36)30(37)32-24-7-9-25(10-8-24)33-11-13-34(14-12-33)27-18-21(3)17-22(4)31-27/h7-10,17-20H,11-16H2,1-6H3,(H,32,37). The van der Waals surface area contributed by atoms with Crippen LogP contribution in [0.2, 0.25) is 0 Å². The average molecular weight is 518 g/mol. The molecule has 2 aromatic heterocycles. The highest BCUT2D eigenvalue weighted by atomic mass is 16.5. The molecule has 1 aliphatic heterocycles. The van der Waals surface area contributed by atoms with Crippen LogP contribution in [0.4, 0.5) is 17.2 Å². The minimum Gasteiger partial charge on any atom is -0.383 e. The van der Waals surface area contributed by atoms with Crippen molar-refractivity contribution in [3.63, 3.8) is 0 Å². The van der Waals surface area contributed by atoms with E-state index in [1.165, 1.54) is 5.56 Å². The first-order valence-corrected chi connectivity index (χ1v) is 13.3. The summed E-state index contributed by atoms with van der Waals surface area (Å²) >= 11 is 0. The van der Waals surface area contributed by atoms with E-state index in [1.807, 2.05) is 62.6 Å².